The molecule has 0 spiro atoms. The van der Waals surface area contributed by atoms with Gasteiger partial charge in [-0.15, -0.1) is 12.4 Å². The molecule has 0 radical (unpaired) electrons. The molecule has 1 aromatic heterocycles. The first kappa shape index (κ1) is 18.4. The molecule has 25 heavy (non-hydrogen) atoms. The van der Waals surface area contributed by atoms with Crippen LogP contribution in [-0.4, -0.2) is 21.5 Å². The molecule has 2 aromatic rings. The predicted octanol–water partition coefficient (Wildman–Crippen LogP) is 3.43. The van der Waals surface area contributed by atoms with E-state index in [-0.39, 0.29) is 30.3 Å². The van der Waals surface area contributed by atoms with Gasteiger partial charge in [-0.05, 0) is 48.8 Å². The molecule has 2 saturated carbocycles. The van der Waals surface area contributed by atoms with Crippen LogP contribution in [0.15, 0.2) is 41.1 Å². The molecule has 2 bridgehead atoms. The van der Waals surface area contributed by atoms with E-state index in [2.05, 4.69) is 38.4 Å². The van der Waals surface area contributed by atoms with Gasteiger partial charge < -0.3 is 10.3 Å². The van der Waals surface area contributed by atoms with E-state index in [9.17, 15) is 4.79 Å². The summed E-state index contributed by atoms with van der Waals surface area (Å²) in [6.07, 6.45) is 7.01. The van der Waals surface area contributed by atoms with Crippen molar-refractivity contribution >= 4 is 40.2 Å². The highest BCUT2D eigenvalue weighted by atomic mass is 79.9. The van der Waals surface area contributed by atoms with Gasteiger partial charge in [-0.2, -0.15) is 0 Å². The van der Waals surface area contributed by atoms with Crippen molar-refractivity contribution in [2.24, 2.45) is 23.5 Å². The molecule has 0 saturated heterocycles. The van der Waals surface area contributed by atoms with Crippen LogP contribution in [0.25, 0.3) is 0 Å². The highest BCUT2D eigenvalue weighted by Gasteiger charge is 2.49. The topological polar surface area (TPSA) is 72.9 Å². The van der Waals surface area contributed by atoms with E-state index in [1.807, 2.05) is 22.9 Å². The van der Waals surface area contributed by atoms with E-state index in [1.165, 1.54) is 6.42 Å². The third-order valence-corrected chi connectivity index (χ3v) is 6.03. The monoisotopic (exact) mass is 424 g/mol. The number of benzene rings is 1. The van der Waals surface area contributed by atoms with Gasteiger partial charge in [-0.3, -0.25) is 10.1 Å². The third kappa shape index (κ3) is 3.61. The molecule has 0 aliphatic heterocycles. The number of nitrogens with zero attached hydrogens (tertiary/aromatic N) is 2. The van der Waals surface area contributed by atoms with Crippen LogP contribution in [0, 0.1) is 17.8 Å². The lowest BCUT2D eigenvalue weighted by Crippen LogP contribution is -2.43. The van der Waals surface area contributed by atoms with Crippen molar-refractivity contribution in [2.45, 2.75) is 31.8 Å². The Hall–Kier alpha value is -1.37. The molecule has 3 N–H and O–H groups in total. The summed E-state index contributed by atoms with van der Waals surface area (Å²) in [4.78, 5) is 17.0. The van der Waals surface area contributed by atoms with Crippen LogP contribution in [0.5, 0.6) is 0 Å². The van der Waals surface area contributed by atoms with E-state index in [1.54, 1.807) is 6.20 Å². The van der Waals surface area contributed by atoms with Crippen LogP contribution in [0.1, 0.15) is 24.8 Å². The fraction of sp³-hybridized carbons (Fsp3) is 0.444. The second kappa shape index (κ2) is 7.48. The van der Waals surface area contributed by atoms with Gasteiger partial charge in [0.05, 0.1) is 12.5 Å². The van der Waals surface area contributed by atoms with Gasteiger partial charge in [0, 0.05) is 22.9 Å². The normalized spacial score (nSPS) is 27.1. The molecule has 134 valence electrons. The lowest BCUT2D eigenvalue weighted by Gasteiger charge is -2.26. The van der Waals surface area contributed by atoms with Crippen LogP contribution in [0.3, 0.4) is 0 Å². The van der Waals surface area contributed by atoms with Crippen LogP contribution >= 0.6 is 28.3 Å². The number of carbonyl (C=O) groups is 1. The Labute approximate surface area is 161 Å². The maximum Gasteiger partial charge on any atom is 0.231 e. The molecule has 4 atom stereocenters. The van der Waals surface area contributed by atoms with Gasteiger partial charge in [0.1, 0.15) is 0 Å². The summed E-state index contributed by atoms with van der Waals surface area (Å²) in [5, 5.41) is 3.00. The van der Waals surface area contributed by atoms with Gasteiger partial charge in [0.25, 0.3) is 0 Å². The summed E-state index contributed by atoms with van der Waals surface area (Å²) < 4.78 is 3.01. The fourth-order valence-electron chi connectivity index (χ4n) is 4.27. The summed E-state index contributed by atoms with van der Waals surface area (Å²) in [6.45, 7) is 0.672. The summed E-state index contributed by atoms with van der Waals surface area (Å²) in [5.41, 5.74) is 7.43. The molecule has 2 aliphatic rings. The number of imidazole rings is 1. The number of amides is 1. The predicted molar refractivity (Wildman–Crippen MR) is 104 cm³/mol. The number of aromatic nitrogens is 2. The Morgan fingerprint density at radius 3 is 2.68 bits per heavy atom. The smallest absolute Gasteiger partial charge is 0.231 e. The number of hydrogen-bond acceptors (Lipinski definition) is 3. The van der Waals surface area contributed by atoms with E-state index < -0.39 is 0 Å². The highest BCUT2D eigenvalue weighted by molar-refractivity contribution is 9.10. The standard InChI is InChI=1S/C18H21BrN4O.ClH/c19-14-5-1-11(2-6-14)10-23-8-7-21-18(23)22-17(24)15-12-3-4-13(9-12)16(15)20;/h1-2,5-8,12-13,15-16H,3-4,9-10,20H2,(H,21,22,24);1H. The lowest BCUT2D eigenvalue weighted by molar-refractivity contribution is -0.121. The molecule has 4 rings (SSSR count). The van der Waals surface area contributed by atoms with Crippen molar-refractivity contribution < 1.29 is 4.79 Å². The van der Waals surface area contributed by atoms with Crippen molar-refractivity contribution in [2.75, 3.05) is 5.32 Å². The van der Waals surface area contributed by atoms with Gasteiger partial charge in [0.2, 0.25) is 11.9 Å². The lowest BCUT2D eigenvalue weighted by atomic mass is 9.84. The second-order valence-corrected chi connectivity index (χ2v) is 7.85. The minimum atomic E-state index is -0.0680. The Morgan fingerprint density at radius 2 is 2.00 bits per heavy atom. The Morgan fingerprint density at radius 1 is 1.28 bits per heavy atom. The molecular formula is C18H22BrClN4O. The molecule has 4 unspecified atom stereocenters. The fourth-order valence-corrected chi connectivity index (χ4v) is 4.53. The maximum absolute atomic E-state index is 12.7. The van der Waals surface area contributed by atoms with Crippen LogP contribution < -0.4 is 11.1 Å². The van der Waals surface area contributed by atoms with E-state index in [0.717, 1.165) is 22.9 Å². The van der Waals surface area contributed by atoms with Crippen molar-refractivity contribution in [3.8, 4) is 0 Å². The summed E-state index contributed by atoms with van der Waals surface area (Å²) in [6, 6.07) is 8.14. The van der Waals surface area contributed by atoms with Crippen molar-refractivity contribution in [3.63, 3.8) is 0 Å². The van der Waals surface area contributed by atoms with E-state index in [4.69, 9.17) is 5.73 Å². The average molecular weight is 426 g/mol. The van der Waals surface area contributed by atoms with Gasteiger partial charge in [-0.25, -0.2) is 4.98 Å². The minimum Gasteiger partial charge on any atom is -0.327 e. The van der Waals surface area contributed by atoms with E-state index in [0.29, 0.717) is 24.3 Å². The van der Waals surface area contributed by atoms with Crippen LogP contribution in [0.2, 0.25) is 0 Å². The van der Waals surface area contributed by atoms with Crippen molar-refractivity contribution in [3.05, 3.63) is 46.7 Å². The Kier molecular flexibility index (Phi) is 5.51. The molecule has 7 heteroatoms. The zero-order valence-electron chi connectivity index (χ0n) is 13.8. The second-order valence-electron chi connectivity index (χ2n) is 6.93. The average Bonchev–Trinajstić information content (AvgIpc) is 3.26. The number of carbonyl (C=O) groups excluding carboxylic acids is 1. The molecule has 2 aliphatic carbocycles. The van der Waals surface area contributed by atoms with Crippen molar-refractivity contribution in [1.29, 1.82) is 0 Å². The Balaban J connectivity index is 0.00000182. The van der Waals surface area contributed by atoms with Gasteiger partial charge >= 0.3 is 0 Å². The number of nitrogens with two attached hydrogens (primary N) is 1. The molecule has 1 amide bonds. The number of fused-ring (bicyclic) bond motifs is 2. The summed E-state index contributed by atoms with van der Waals surface area (Å²) in [7, 11) is 0. The van der Waals surface area contributed by atoms with Gasteiger partial charge in [0.15, 0.2) is 0 Å². The number of nitrogens with one attached hydrogen (secondary N) is 1. The zero-order chi connectivity index (χ0) is 16.7. The number of rotatable bonds is 4. The van der Waals surface area contributed by atoms with Crippen molar-refractivity contribution in [1.82, 2.24) is 9.55 Å². The molecule has 5 nitrogen and oxygen atoms in total. The first-order chi connectivity index (χ1) is 11.6. The summed E-state index contributed by atoms with van der Waals surface area (Å²) >= 11 is 3.44. The van der Waals surface area contributed by atoms with Crippen LogP contribution in [0.4, 0.5) is 5.95 Å². The SMILES string of the molecule is Cl.NC1C2CCC(C2)C1C(=O)Nc1nccn1Cc1ccc(Br)cc1. The molecule has 2 fully saturated rings. The number of anilines is 1. The third-order valence-electron chi connectivity index (χ3n) is 5.50. The molecular weight excluding hydrogens is 404 g/mol. The number of halogens is 2. The summed E-state index contributed by atoms with van der Waals surface area (Å²) in [5.74, 6) is 1.52. The van der Waals surface area contributed by atoms with Gasteiger partial charge in [-0.1, -0.05) is 28.1 Å². The molecule has 1 aromatic carbocycles. The number of hydrogen-bond donors (Lipinski definition) is 2. The largest absolute Gasteiger partial charge is 0.327 e. The quantitative estimate of drug-likeness (QED) is 0.788. The molecule has 1 heterocycles. The highest BCUT2D eigenvalue weighted by Crippen LogP contribution is 2.47. The van der Waals surface area contributed by atoms with E-state index >= 15 is 0 Å². The van der Waals surface area contributed by atoms with Crippen LogP contribution in [-0.2, 0) is 11.3 Å². The zero-order valence-corrected chi connectivity index (χ0v) is 16.2. The first-order valence-corrected chi connectivity index (χ1v) is 9.23. The minimum absolute atomic E-state index is 0. The maximum atomic E-state index is 12.7. The Bertz CT molecular complexity index is 746. The first-order valence-electron chi connectivity index (χ1n) is 8.44.